The van der Waals surface area contributed by atoms with Gasteiger partial charge in [0.05, 0.1) is 4.90 Å². The average molecular weight is 543 g/mol. The number of ether oxygens (including phenoxy) is 2. The van der Waals surface area contributed by atoms with Crippen LogP contribution in [0.1, 0.15) is 5.56 Å². The molecule has 0 bridgehead atoms. The first kappa shape index (κ1) is 24.0. The maximum atomic E-state index is 6.15. The zero-order valence-corrected chi connectivity index (χ0v) is 22.5. The molecule has 0 radical (unpaired) electrons. The summed E-state index contributed by atoms with van der Waals surface area (Å²) < 4.78 is 15.3. The summed E-state index contributed by atoms with van der Waals surface area (Å²) in [5, 5.41) is 0. The van der Waals surface area contributed by atoms with E-state index in [-0.39, 0.29) is 0 Å². The normalized spacial score (nSPS) is 11.8. The van der Waals surface area contributed by atoms with Crippen LogP contribution < -0.4 is 4.74 Å². The minimum Gasteiger partial charge on any atom is -0.471 e. The molecule has 0 saturated heterocycles. The Balaban J connectivity index is 1.63. The molecule has 0 aliphatic rings. The highest BCUT2D eigenvalue weighted by Crippen LogP contribution is 2.37. The summed E-state index contributed by atoms with van der Waals surface area (Å²) in [5.41, 5.74) is 2.82. The lowest BCUT2D eigenvalue weighted by Gasteiger charge is -2.16. The van der Waals surface area contributed by atoms with Gasteiger partial charge >= 0.3 is 0 Å². The minimum absolute atomic E-state index is 0.440. The van der Waals surface area contributed by atoms with Crippen LogP contribution >= 0.6 is 27.7 Å². The molecule has 0 atom stereocenters. The van der Waals surface area contributed by atoms with Crippen molar-refractivity contribution in [1.29, 1.82) is 0 Å². The fourth-order valence-electron chi connectivity index (χ4n) is 3.28. The van der Waals surface area contributed by atoms with Gasteiger partial charge in [-0.15, -0.1) is 0 Å². The maximum Gasteiger partial charge on any atom is 0.242 e. The molecule has 4 rings (SSSR count). The van der Waals surface area contributed by atoms with Crippen LogP contribution in [0.25, 0.3) is 11.0 Å². The van der Waals surface area contributed by atoms with E-state index in [0.29, 0.717) is 19.2 Å². The third-order valence-corrected chi connectivity index (χ3v) is 8.26. The molecule has 0 saturated carbocycles. The van der Waals surface area contributed by atoms with Crippen molar-refractivity contribution in [1.82, 2.24) is 14.5 Å². The van der Waals surface area contributed by atoms with Gasteiger partial charge in [0.25, 0.3) is 0 Å². The van der Waals surface area contributed by atoms with Gasteiger partial charge in [0.1, 0.15) is 30.7 Å². The molecule has 172 valence electrons. The Morgan fingerprint density at radius 3 is 2.61 bits per heavy atom. The Bertz CT molecular complexity index is 1210. The Morgan fingerprint density at radius 1 is 1.03 bits per heavy atom. The first-order valence-electron chi connectivity index (χ1n) is 10.9. The molecule has 0 fully saturated rings. The van der Waals surface area contributed by atoms with Gasteiger partial charge in [-0.2, -0.15) is 4.98 Å². The summed E-state index contributed by atoms with van der Waals surface area (Å²) in [6.07, 6.45) is 3.67. The topological polar surface area (TPSA) is 49.2 Å². The lowest BCUT2D eigenvalue weighted by molar-refractivity contribution is 0.0895. The number of hydrogen-bond acceptors (Lipinski definition) is 5. The summed E-state index contributed by atoms with van der Waals surface area (Å²) >= 11 is 5.24. The predicted molar refractivity (Wildman–Crippen MR) is 141 cm³/mol. The van der Waals surface area contributed by atoms with Gasteiger partial charge < -0.3 is 14.0 Å². The number of nitrogens with zero attached hydrogens (tertiary/aromatic N) is 3. The zero-order valence-electron chi connectivity index (χ0n) is 19.1. The third-order valence-electron chi connectivity index (χ3n) is 5.05. The Kier molecular flexibility index (Phi) is 7.90. The number of benzene rings is 2. The van der Waals surface area contributed by atoms with Gasteiger partial charge in [-0.1, -0.05) is 83.7 Å². The van der Waals surface area contributed by atoms with Crippen molar-refractivity contribution in [3.05, 3.63) is 77.2 Å². The van der Waals surface area contributed by atoms with Crippen LogP contribution in [0.15, 0.2) is 81.4 Å². The highest BCUT2D eigenvalue weighted by Gasteiger charge is 2.18. The van der Waals surface area contributed by atoms with Crippen LogP contribution in [0.4, 0.5) is 0 Å². The van der Waals surface area contributed by atoms with Gasteiger partial charge in [-0.25, -0.2) is 4.98 Å². The Morgan fingerprint density at radius 2 is 1.85 bits per heavy atom. The van der Waals surface area contributed by atoms with Crippen molar-refractivity contribution in [2.24, 2.45) is 0 Å². The van der Waals surface area contributed by atoms with Crippen molar-refractivity contribution < 1.29 is 9.47 Å². The van der Waals surface area contributed by atoms with Gasteiger partial charge in [0.15, 0.2) is 0 Å². The molecule has 0 aliphatic carbocycles. The van der Waals surface area contributed by atoms with Crippen molar-refractivity contribution in [2.75, 3.05) is 6.61 Å². The molecule has 2 aromatic carbocycles. The number of halogens is 1. The third kappa shape index (κ3) is 6.69. The van der Waals surface area contributed by atoms with Crippen LogP contribution in [0.5, 0.6) is 5.88 Å². The molecule has 0 N–H and O–H groups in total. The number of fused-ring (bicyclic) bond motifs is 1. The number of aromatic nitrogens is 3. The second-order valence-corrected chi connectivity index (χ2v) is 16.7. The summed E-state index contributed by atoms with van der Waals surface area (Å²) in [7, 11) is -1.15. The lowest BCUT2D eigenvalue weighted by atomic mass is 10.2. The SMILES string of the molecule is C[Si](C)(C)CCOCn1cc(Sc2cccc(Br)c2)c2ncnc(OCc3ccccc3)c21. The highest BCUT2D eigenvalue weighted by molar-refractivity contribution is 9.10. The summed E-state index contributed by atoms with van der Waals surface area (Å²) in [5.74, 6) is 0.568. The van der Waals surface area contributed by atoms with Gasteiger partial charge in [-0.05, 0) is 29.8 Å². The molecule has 5 nitrogen and oxygen atoms in total. The first-order valence-corrected chi connectivity index (χ1v) is 16.2. The molecule has 2 heterocycles. The van der Waals surface area contributed by atoms with E-state index in [1.165, 1.54) is 0 Å². The first-order chi connectivity index (χ1) is 15.9. The molecular weight excluding hydrogens is 514 g/mol. The van der Waals surface area contributed by atoms with Crippen molar-refractivity contribution in [2.45, 2.75) is 48.8 Å². The standard InChI is InChI=1S/C25H28BrN3O2SSi/c1-33(2,3)13-12-30-18-29-15-22(32-21-11-7-10-20(26)14-21)23-24(29)25(28-17-27-23)31-16-19-8-5-4-6-9-19/h4-11,14-15,17H,12-13,16,18H2,1-3H3. The quantitative estimate of drug-likeness (QED) is 0.156. The predicted octanol–water partition coefficient (Wildman–Crippen LogP) is 7.24. The monoisotopic (exact) mass is 541 g/mol. The van der Waals surface area contributed by atoms with Crippen LogP contribution in [-0.4, -0.2) is 29.2 Å². The van der Waals surface area contributed by atoms with Gasteiger partial charge in [0, 0.05) is 30.2 Å². The van der Waals surface area contributed by atoms with Crippen LogP contribution in [0.2, 0.25) is 25.7 Å². The molecule has 0 unspecified atom stereocenters. The van der Waals surface area contributed by atoms with Crippen molar-refractivity contribution in [3.63, 3.8) is 0 Å². The van der Waals surface area contributed by atoms with E-state index in [1.54, 1.807) is 18.1 Å². The average Bonchev–Trinajstić information content (AvgIpc) is 3.13. The van der Waals surface area contributed by atoms with E-state index in [1.807, 2.05) is 42.5 Å². The number of hydrogen-bond donors (Lipinski definition) is 0. The molecule has 0 amide bonds. The van der Waals surface area contributed by atoms with Crippen LogP contribution in [-0.2, 0) is 18.1 Å². The second kappa shape index (κ2) is 10.9. The Hall–Kier alpha value is -2.13. The van der Waals surface area contributed by atoms with E-state index in [0.717, 1.165) is 43.5 Å². The van der Waals surface area contributed by atoms with Gasteiger partial charge in [-0.3, -0.25) is 0 Å². The minimum atomic E-state index is -1.15. The summed E-state index contributed by atoms with van der Waals surface area (Å²) in [6, 6.07) is 19.5. The van der Waals surface area contributed by atoms with E-state index < -0.39 is 8.07 Å². The maximum absolute atomic E-state index is 6.15. The van der Waals surface area contributed by atoms with Crippen molar-refractivity contribution >= 4 is 46.8 Å². The number of rotatable bonds is 10. The second-order valence-electron chi connectivity index (χ2n) is 9.02. The smallest absolute Gasteiger partial charge is 0.242 e. The largest absolute Gasteiger partial charge is 0.471 e. The molecule has 8 heteroatoms. The summed E-state index contributed by atoms with van der Waals surface area (Å²) in [6.45, 7) is 8.71. The molecule has 2 aromatic heterocycles. The van der Waals surface area contributed by atoms with Crippen LogP contribution in [0.3, 0.4) is 0 Å². The van der Waals surface area contributed by atoms with Crippen LogP contribution in [0, 0.1) is 0 Å². The lowest BCUT2D eigenvalue weighted by Crippen LogP contribution is -2.22. The molecule has 0 aliphatic heterocycles. The zero-order chi connectivity index (χ0) is 23.3. The molecule has 33 heavy (non-hydrogen) atoms. The molecular formula is C25H28BrN3O2SSi. The van der Waals surface area contributed by atoms with E-state index in [9.17, 15) is 0 Å². The van der Waals surface area contributed by atoms with E-state index in [4.69, 9.17) is 9.47 Å². The molecule has 4 aromatic rings. The Labute approximate surface area is 208 Å². The summed E-state index contributed by atoms with van der Waals surface area (Å²) in [4.78, 5) is 11.3. The highest BCUT2D eigenvalue weighted by atomic mass is 79.9. The van der Waals surface area contributed by atoms with Crippen molar-refractivity contribution in [3.8, 4) is 5.88 Å². The van der Waals surface area contributed by atoms with Gasteiger partial charge in [0.2, 0.25) is 5.88 Å². The van der Waals surface area contributed by atoms with E-state index >= 15 is 0 Å². The fraction of sp³-hybridized carbons (Fsp3) is 0.280. The fourth-order valence-corrected chi connectivity index (χ4v) is 5.60. The van der Waals surface area contributed by atoms with E-state index in [2.05, 4.69) is 68.4 Å². The molecule has 0 spiro atoms.